The van der Waals surface area contributed by atoms with E-state index in [4.69, 9.17) is 5.11 Å². The summed E-state index contributed by atoms with van der Waals surface area (Å²) in [5, 5.41) is 8.53. The third-order valence-corrected chi connectivity index (χ3v) is 2.58. The molecule has 0 aromatic carbocycles. The molecule has 1 fully saturated rings. The normalized spacial score (nSPS) is 36.8. The average Bonchev–Trinajstić information content (AvgIpc) is 2.08. The van der Waals surface area contributed by atoms with E-state index in [1.54, 1.807) is 0 Å². The summed E-state index contributed by atoms with van der Waals surface area (Å²) in [6.07, 6.45) is 0.610. The Bertz CT molecular complexity index is 130. The largest absolute Gasteiger partial charge is 0.396 e. The van der Waals surface area contributed by atoms with E-state index in [9.17, 15) is 8.78 Å². The molecule has 0 aromatic heterocycles. The van der Waals surface area contributed by atoms with E-state index in [-0.39, 0.29) is 12.5 Å². The molecule has 3 unspecified atom stereocenters. The molecular formula is C9H16F2O. The Morgan fingerprint density at radius 2 is 2.00 bits per heavy atom. The molecule has 1 N–H and O–H groups in total. The van der Waals surface area contributed by atoms with E-state index < -0.39 is 12.3 Å². The fourth-order valence-corrected chi connectivity index (χ4v) is 1.85. The molecule has 0 aliphatic heterocycles. The van der Waals surface area contributed by atoms with Crippen molar-refractivity contribution in [2.75, 3.05) is 6.61 Å². The Labute approximate surface area is 71.8 Å². The van der Waals surface area contributed by atoms with Crippen LogP contribution >= 0.6 is 0 Å². The zero-order chi connectivity index (χ0) is 8.97. The van der Waals surface area contributed by atoms with Crippen LogP contribution in [0.25, 0.3) is 0 Å². The van der Waals surface area contributed by atoms with Crippen molar-refractivity contribution in [2.24, 2.45) is 5.92 Å². The fourth-order valence-electron chi connectivity index (χ4n) is 1.85. The zero-order valence-electron chi connectivity index (χ0n) is 7.18. The number of halogens is 2. The number of hydrogen-bond donors (Lipinski definition) is 1. The van der Waals surface area contributed by atoms with Gasteiger partial charge in [-0.15, -0.1) is 0 Å². The van der Waals surface area contributed by atoms with Crippen molar-refractivity contribution in [3.05, 3.63) is 0 Å². The lowest BCUT2D eigenvalue weighted by Crippen LogP contribution is -2.31. The van der Waals surface area contributed by atoms with Gasteiger partial charge in [0.15, 0.2) is 0 Å². The van der Waals surface area contributed by atoms with Crippen LogP contribution in [0.1, 0.15) is 32.1 Å². The van der Waals surface area contributed by atoms with Crippen molar-refractivity contribution in [3.8, 4) is 0 Å². The molecule has 0 bridgehead atoms. The van der Waals surface area contributed by atoms with Gasteiger partial charge in [-0.3, -0.25) is 0 Å². The van der Waals surface area contributed by atoms with Crippen molar-refractivity contribution >= 4 is 0 Å². The van der Waals surface area contributed by atoms with Gasteiger partial charge in [-0.1, -0.05) is 6.42 Å². The van der Waals surface area contributed by atoms with Crippen LogP contribution in [0.3, 0.4) is 0 Å². The second-order valence-corrected chi connectivity index (χ2v) is 3.52. The quantitative estimate of drug-likeness (QED) is 0.702. The maximum absolute atomic E-state index is 13.1. The third-order valence-electron chi connectivity index (χ3n) is 2.58. The molecule has 0 saturated heterocycles. The van der Waals surface area contributed by atoms with E-state index in [1.807, 2.05) is 0 Å². The molecule has 72 valence electrons. The lowest BCUT2D eigenvalue weighted by Gasteiger charge is -2.28. The molecule has 3 atom stereocenters. The van der Waals surface area contributed by atoms with E-state index >= 15 is 0 Å². The van der Waals surface area contributed by atoms with Crippen LogP contribution in [0.2, 0.25) is 0 Å². The van der Waals surface area contributed by atoms with Crippen LogP contribution in [-0.2, 0) is 0 Å². The molecule has 0 aromatic rings. The second-order valence-electron chi connectivity index (χ2n) is 3.52. The first-order valence-electron chi connectivity index (χ1n) is 4.64. The summed E-state index contributed by atoms with van der Waals surface area (Å²) >= 11 is 0. The topological polar surface area (TPSA) is 20.2 Å². The summed E-state index contributed by atoms with van der Waals surface area (Å²) in [5.41, 5.74) is 0. The predicted molar refractivity (Wildman–Crippen MR) is 43.5 cm³/mol. The van der Waals surface area contributed by atoms with Gasteiger partial charge in [0.05, 0.1) is 0 Å². The number of alkyl halides is 2. The first-order chi connectivity index (χ1) is 5.75. The monoisotopic (exact) mass is 178 g/mol. The zero-order valence-corrected chi connectivity index (χ0v) is 7.18. The highest BCUT2D eigenvalue weighted by atomic mass is 19.2. The summed E-state index contributed by atoms with van der Waals surface area (Å²) < 4.78 is 25.9. The number of rotatable bonds is 3. The van der Waals surface area contributed by atoms with Gasteiger partial charge in [0.1, 0.15) is 12.3 Å². The smallest absolute Gasteiger partial charge is 0.134 e. The van der Waals surface area contributed by atoms with Crippen LogP contribution in [0, 0.1) is 5.92 Å². The van der Waals surface area contributed by atoms with E-state index in [2.05, 4.69) is 0 Å². The van der Waals surface area contributed by atoms with Crippen molar-refractivity contribution in [1.82, 2.24) is 0 Å². The molecule has 3 heteroatoms. The van der Waals surface area contributed by atoms with Crippen molar-refractivity contribution in [1.29, 1.82) is 0 Å². The lowest BCUT2D eigenvalue weighted by molar-refractivity contribution is 0.0591. The van der Waals surface area contributed by atoms with Gasteiger partial charge in [-0.05, 0) is 31.6 Å². The summed E-state index contributed by atoms with van der Waals surface area (Å²) in [4.78, 5) is 0. The highest BCUT2D eigenvalue weighted by molar-refractivity contribution is 4.81. The Balaban J connectivity index is 2.30. The molecule has 1 nitrogen and oxygen atoms in total. The molecule has 1 rings (SSSR count). The van der Waals surface area contributed by atoms with Gasteiger partial charge < -0.3 is 5.11 Å². The molecule has 0 heterocycles. The first kappa shape index (κ1) is 9.90. The first-order valence-corrected chi connectivity index (χ1v) is 4.64. The molecule has 12 heavy (non-hydrogen) atoms. The SMILES string of the molecule is OCCCC1CCCC(F)C1F. The van der Waals surface area contributed by atoms with Crippen LogP contribution in [-0.4, -0.2) is 24.1 Å². The molecular weight excluding hydrogens is 162 g/mol. The minimum atomic E-state index is -1.29. The maximum Gasteiger partial charge on any atom is 0.134 e. The minimum absolute atomic E-state index is 0.0835. The third kappa shape index (κ3) is 2.41. The Morgan fingerprint density at radius 1 is 1.25 bits per heavy atom. The van der Waals surface area contributed by atoms with E-state index in [0.29, 0.717) is 19.3 Å². The van der Waals surface area contributed by atoms with Gasteiger partial charge in [0.2, 0.25) is 0 Å². The summed E-state index contributed by atoms with van der Waals surface area (Å²) in [6, 6.07) is 0. The van der Waals surface area contributed by atoms with Crippen LogP contribution in [0.15, 0.2) is 0 Å². The number of aliphatic hydroxyl groups excluding tert-OH is 1. The summed E-state index contributed by atoms with van der Waals surface area (Å²) in [5.74, 6) is -0.152. The van der Waals surface area contributed by atoms with Crippen LogP contribution < -0.4 is 0 Å². The summed E-state index contributed by atoms with van der Waals surface area (Å²) in [6.45, 7) is 0.0835. The fraction of sp³-hybridized carbons (Fsp3) is 1.00. The van der Waals surface area contributed by atoms with Gasteiger partial charge in [-0.2, -0.15) is 0 Å². The highest BCUT2D eigenvalue weighted by Gasteiger charge is 2.32. The molecule has 0 radical (unpaired) electrons. The molecule has 0 amide bonds. The Morgan fingerprint density at radius 3 is 2.67 bits per heavy atom. The van der Waals surface area contributed by atoms with Gasteiger partial charge in [0, 0.05) is 6.61 Å². The molecule has 1 aliphatic carbocycles. The van der Waals surface area contributed by atoms with E-state index in [1.165, 1.54) is 0 Å². The second kappa shape index (κ2) is 4.75. The van der Waals surface area contributed by atoms with Gasteiger partial charge in [0.25, 0.3) is 0 Å². The lowest BCUT2D eigenvalue weighted by atomic mass is 9.83. The number of hydrogen-bond acceptors (Lipinski definition) is 1. The maximum atomic E-state index is 13.1. The van der Waals surface area contributed by atoms with Crippen molar-refractivity contribution < 1.29 is 13.9 Å². The van der Waals surface area contributed by atoms with Gasteiger partial charge >= 0.3 is 0 Å². The van der Waals surface area contributed by atoms with Crippen LogP contribution in [0.4, 0.5) is 8.78 Å². The van der Waals surface area contributed by atoms with E-state index in [0.717, 1.165) is 12.8 Å². The molecule has 0 spiro atoms. The standard InChI is InChI=1S/C9H16F2O/c10-8-5-1-3-7(9(8)11)4-2-6-12/h7-9,12H,1-6H2. The Hall–Kier alpha value is -0.180. The highest BCUT2D eigenvalue weighted by Crippen LogP contribution is 2.32. The molecule has 1 aliphatic rings. The average molecular weight is 178 g/mol. The van der Waals surface area contributed by atoms with Crippen LogP contribution in [0.5, 0.6) is 0 Å². The van der Waals surface area contributed by atoms with Crippen molar-refractivity contribution in [2.45, 2.75) is 44.4 Å². The Kier molecular flexibility index (Phi) is 3.92. The minimum Gasteiger partial charge on any atom is -0.396 e. The predicted octanol–water partition coefficient (Wildman–Crippen LogP) is 2.24. The van der Waals surface area contributed by atoms with Gasteiger partial charge in [-0.25, -0.2) is 8.78 Å². The number of aliphatic hydroxyl groups is 1. The van der Waals surface area contributed by atoms with Crippen molar-refractivity contribution in [3.63, 3.8) is 0 Å². The molecule has 1 saturated carbocycles. The summed E-state index contributed by atoms with van der Waals surface area (Å²) in [7, 11) is 0.